The van der Waals surface area contributed by atoms with Gasteiger partial charge < -0.3 is 15.0 Å². The maximum Gasteiger partial charge on any atom is 0.416 e. The van der Waals surface area contributed by atoms with E-state index in [9.17, 15) is 18.0 Å². The lowest BCUT2D eigenvalue weighted by Crippen LogP contribution is -2.36. The maximum absolute atomic E-state index is 13.1. The van der Waals surface area contributed by atoms with E-state index in [0.717, 1.165) is 12.1 Å². The number of amides is 1. The molecule has 140 valence electrons. The Labute approximate surface area is 154 Å². The first-order valence-corrected chi connectivity index (χ1v) is 8.24. The molecule has 0 radical (unpaired) electrons. The average molecular weight is 375 g/mol. The second kappa shape index (κ2) is 7.68. The van der Waals surface area contributed by atoms with Crippen molar-refractivity contribution in [2.75, 3.05) is 36.5 Å². The van der Waals surface area contributed by atoms with Crippen molar-refractivity contribution < 1.29 is 22.7 Å². The molecule has 1 fully saturated rings. The van der Waals surface area contributed by atoms with E-state index in [1.807, 2.05) is 11.0 Å². The van der Waals surface area contributed by atoms with Crippen molar-refractivity contribution in [3.05, 3.63) is 59.2 Å². The van der Waals surface area contributed by atoms with Crippen molar-refractivity contribution in [3.8, 4) is 6.07 Å². The highest BCUT2D eigenvalue weighted by Crippen LogP contribution is 2.36. The van der Waals surface area contributed by atoms with Gasteiger partial charge >= 0.3 is 6.18 Å². The summed E-state index contributed by atoms with van der Waals surface area (Å²) in [6.45, 7) is 1.94. The van der Waals surface area contributed by atoms with Gasteiger partial charge in [-0.05, 0) is 36.4 Å². The summed E-state index contributed by atoms with van der Waals surface area (Å²) in [4.78, 5) is 14.4. The highest BCUT2D eigenvalue weighted by molar-refractivity contribution is 6.06. The number of carbonyl (C=O) groups excluding carboxylic acids is 1. The van der Waals surface area contributed by atoms with Crippen molar-refractivity contribution >= 4 is 17.3 Å². The Morgan fingerprint density at radius 1 is 1.15 bits per heavy atom. The average Bonchev–Trinajstić information content (AvgIpc) is 2.68. The molecule has 27 heavy (non-hydrogen) atoms. The third-order valence-electron chi connectivity index (χ3n) is 4.18. The number of nitrogens with one attached hydrogen (secondary N) is 1. The molecule has 2 aromatic carbocycles. The molecule has 8 heteroatoms. The number of carbonyl (C=O) groups is 1. The van der Waals surface area contributed by atoms with Crippen LogP contribution in [-0.2, 0) is 10.9 Å². The lowest BCUT2D eigenvalue weighted by Gasteiger charge is -2.31. The number of morpholine rings is 1. The van der Waals surface area contributed by atoms with Crippen molar-refractivity contribution in [2.45, 2.75) is 6.18 Å². The standard InChI is InChI=1S/C19H16F3N3O2/c20-19(21,22)15-4-5-17(25-6-8-27-9-7-25)16(11-15)24-18(26)14-3-1-2-13(10-14)12-23/h1-5,10-11H,6-9H2,(H,24,26). The van der Waals surface area contributed by atoms with E-state index >= 15 is 0 Å². The Hall–Kier alpha value is -3.05. The lowest BCUT2D eigenvalue weighted by atomic mass is 10.1. The molecule has 0 saturated carbocycles. The quantitative estimate of drug-likeness (QED) is 0.889. The van der Waals surface area contributed by atoms with E-state index in [0.29, 0.717) is 37.6 Å². The molecule has 0 unspecified atom stereocenters. The van der Waals surface area contributed by atoms with Crippen LogP contribution in [0.15, 0.2) is 42.5 Å². The topological polar surface area (TPSA) is 65.4 Å². The minimum Gasteiger partial charge on any atom is -0.378 e. The zero-order valence-corrected chi connectivity index (χ0v) is 14.2. The zero-order valence-electron chi connectivity index (χ0n) is 14.2. The van der Waals surface area contributed by atoms with E-state index in [1.54, 1.807) is 12.1 Å². The van der Waals surface area contributed by atoms with Gasteiger partial charge in [0.2, 0.25) is 0 Å². The summed E-state index contributed by atoms with van der Waals surface area (Å²) in [7, 11) is 0. The van der Waals surface area contributed by atoms with Crippen molar-refractivity contribution in [1.29, 1.82) is 5.26 Å². The molecule has 0 spiro atoms. The molecule has 0 atom stereocenters. The van der Waals surface area contributed by atoms with E-state index in [4.69, 9.17) is 10.00 Å². The predicted octanol–water partition coefficient (Wildman–Crippen LogP) is 3.67. The first-order valence-electron chi connectivity index (χ1n) is 8.24. The van der Waals surface area contributed by atoms with Crippen LogP contribution in [0, 0.1) is 11.3 Å². The minimum absolute atomic E-state index is 0.0686. The number of hydrogen-bond donors (Lipinski definition) is 1. The number of rotatable bonds is 3. The summed E-state index contributed by atoms with van der Waals surface area (Å²) in [6, 6.07) is 11.2. The molecule has 1 aliphatic rings. The number of halogens is 3. The Morgan fingerprint density at radius 2 is 1.89 bits per heavy atom. The predicted molar refractivity (Wildman–Crippen MR) is 93.6 cm³/mol. The molecule has 5 nitrogen and oxygen atoms in total. The van der Waals surface area contributed by atoms with Crippen LogP contribution in [0.25, 0.3) is 0 Å². The van der Waals surface area contributed by atoms with Gasteiger partial charge in [-0.25, -0.2) is 0 Å². The molecule has 1 N–H and O–H groups in total. The summed E-state index contributed by atoms with van der Waals surface area (Å²) in [5.41, 5.74) is 0.204. The van der Waals surface area contributed by atoms with Crippen LogP contribution in [0.4, 0.5) is 24.5 Å². The number of anilines is 2. The highest BCUT2D eigenvalue weighted by Gasteiger charge is 2.32. The van der Waals surface area contributed by atoms with E-state index < -0.39 is 17.6 Å². The summed E-state index contributed by atoms with van der Waals surface area (Å²) in [6.07, 6.45) is -4.52. The normalized spacial score (nSPS) is 14.5. The zero-order chi connectivity index (χ0) is 19.4. The van der Waals surface area contributed by atoms with Crippen LogP contribution in [0.3, 0.4) is 0 Å². The summed E-state index contributed by atoms with van der Waals surface area (Å²) >= 11 is 0. The first kappa shape index (κ1) is 18.7. The number of nitriles is 1. The molecule has 1 amide bonds. The monoisotopic (exact) mass is 375 g/mol. The number of benzene rings is 2. The number of alkyl halides is 3. The molecule has 1 saturated heterocycles. The SMILES string of the molecule is N#Cc1cccc(C(=O)Nc2cc(C(F)(F)F)ccc2N2CCOCC2)c1. The molecular weight excluding hydrogens is 359 g/mol. The Bertz CT molecular complexity index is 884. The summed E-state index contributed by atoms with van der Waals surface area (Å²) in [5.74, 6) is -0.582. The molecule has 2 aromatic rings. The minimum atomic E-state index is -4.52. The fourth-order valence-corrected chi connectivity index (χ4v) is 2.82. The maximum atomic E-state index is 13.1. The van der Waals surface area contributed by atoms with Crippen LogP contribution in [0.1, 0.15) is 21.5 Å². The van der Waals surface area contributed by atoms with E-state index in [2.05, 4.69) is 5.32 Å². The Morgan fingerprint density at radius 3 is 2.56 bits per heavy atom. The first-order chi connectivity index (χ1) is 12.9. The van der Waals surface area contributed by atoms with Gasteiger partial charge in [0.15, 0.2) is 0 Å². The van der Waals surface area contributed by atoms with Crippen LogP contribution in [0.2, 0.25) is 0 Å². The Balaban J connectivity index is 1.95. The van der Waals surface area contributed by atoms with Crippen LogP contribution in [0.5, 0.6) is 0 Å². The molecule has 1 aliphatic heterocycles. The summed E-state index contributed by atoms with van der Waals surface area (Å²) in [5, 5.41) is 11.5. The van der Waals surface area contributed by atoms with Gasteiger partial charge in [-0.1, -0.05) is 6.07 Å². The largest absolute Gasteiger partial charge is 0.416 e. The van der Waals surface area contributed by atoms with Crippen molar-refractivity contribution in [3.63, 3.8) is 0 Å². The fraction of sp³-hybridized carbons (Fsp3) is 0.263. The lowest BCUT2D eigenvalue weighted by molar-refractivity contribution is -0.137. The Kier molecular flexibility index (Phi) is 5.33. The third kappa shape index (κ3) is 4.38. The fourth-order valence-electron chi connectivity index (χ4n) is 2.82. The second-order valence-electron chi connectivity index (χ2n) is 5.98. The number of hydrogen-bond acceptors (Lipinski definition) is 4. The van der Waals surface area contributed by atoms with Gasteiger partial charge in [-0.3, -0.25) is 4.79 Å². The van der Waals surface area contributed by atoms with Crippen LogP contribution in [-0.4, -0.2) is 32.2 Å². The van der Waals surface area contributed by atoms with Gasteiger partial charge in [0.1, 0.15) is 0 Å². The second-order valence-corrected chi connectivity index (χ2v) is 5.98. The number of nitrogens with zero attached hydrogens (tertiary/aromatic N) is 2. The number of ether oxygens (including phenoxy) is 1. The molecular formula is C19H16F3N3O2. The van der Waals surface area contributed by atoms with E-state index in [1.165, 1.54) is 18.2 Å². The van der Waals surface area contributed by atoms with Crippen LogP contribution >= 0.6 is 0 Å². The van der Waals surface area contributed by atoms with Crippen molar-refractivity contribution in [1.82, 2.24) is 0 Å². The van der Waals surface area contributed by atoms with E-state index in [-0.39, 0.29) is 11.3 Å². The van der Waals surface area contributed by atoms with Gasteiger partial charge in [0.05, 0.1) is 41.8 Å². The molecule has 3 rings (SSSR count). The third-order valence-corrected chi connectivity index (χ3v) is 4.18. The van der Waals surface area contributed by atoms with Gasteiger partial charge in [0.25, 0.3) is 5.91 Å². The molecule has 0 aromatic heterocycles. The van der Waals surface area contributed by atoms with Crippen LogP contribution < -0.4 is 10.2 Å². The highest BCUT2D eigenvalue weighted by atomic mass is 19.4. The molecule has 1 heterocycles. The molecule has 0 bridgehead atoms. The van der Waals surface area contributed by atoms with Gasteiger partial charge in [0, 0.05) is 18.7 Å². The summed E-state index contributed by atoms with van der Waals surface area (Å²) < 4.78 is 44.6. The smallest absolute Gasteiger partial charge is 0.378 e. The molecule has 0 aliphatic carbocycles. The van der Waals surface area contributed by atoms with Crippen molar-refractivity contribution in [2.24, 2.45) is 0 Å². The van der Waals surface area contributed by atoms with Gasteiger partial charge in [-0.2, -0.15) is 18.4 Å². The van der Waals surface area contributed by atoms with Gasteiger partial charge in [-0.15, -0.1) is 0 Å².